The summed E-state index contributed by atoms with van der Waals surface area (Å²) in [7, 11) is 0. The Bertz CT molecular complexity index is 1740. The zero-order valence-corrected chi connectivity index (χ0v) is 30.2. The van der Waals surface area contributed by atoms with Gasteiger partial charge in [-0.2, -0.15) is 0 Å². The van der Waals surface area contributed by atoms with Crippen molar-refractivity contribution >= 4 is 23.2 Å². The van der Waals surface area contributed by atoms with Crippen molar-refractivity contribution in [1.82, 2.24) is 4.90 Å². The Hall–Kier alpha value is -3.83. The predicted molar refractivity (Wildman–Crippen MR) is 193 cm³/mol. The fourth-order valence-corrected chi connectivity index (χ4v) is 8.28. The number of aryl methyl sites for hydroxylation is 2. The average Bonchev–Trinajstić information content (AvgIpc) is 2.98. The maximum absolute atomic E-state index is 14.3. The highest BCUT2D eigenvalue weighted by Crippen LogP contribution is 2.55. The van der Waals surface area contributed by atoms with Crippen LogP contribution in [-0.2, 0) is 22.6 Å². The van der Waals surface area contributed by atoms with Gasteiger partial charge in [0.05, 0.1) is 11.6 Å². The Kier molecular flexibility index (Phi) is 9.39. The quantitative estimate of drug-likeness (QED) is 0.228. The number of carbonyl (C=O) groups excluding carboxylic acids is 2. The van der Waals surface area contributed by atoms with Crippen molar-refractivity contribution in [3.63, 3.8) is 0 Å². The van der Waals surface area contributed by atoms with E-state index in [0.29, 0.717) is 49.1 Å². The molecule has 0 unspecified atom stereocenters. The van der Waals surface area contributed by atoms with Crippen LogP contribution >= 0.6 is 11.6 Å². The molecule has 2 aliphatic carbocycles. The minimum absolute atomic E-state index is 0.101. The molecule has 3 aliphatic rings. The van der Waals surface area contributed by atoms with E-state index in [-0.39, 0.29) is 22.4 Å². The van der Waals surface area contributed by atoms with Crippen LogP contribution in [-0.4, -0.2) is 29.6 Å². The molecule has 6 heteroatoms. The molecule has 3 aromatic rings. The molecule has 3 aromatic carbocycles. The number of hydrogen-bond acceptors (Lipinski definition) is 5. The van der Waals surface area contributed by atoms with Crippen molar-refractivity contribution in [2.24, 2.45) is 10.8 Å². The number of benzene rings is 3. The largest absolute Gasteiger partial charge is 0.490 e. The van der Waals surface area contributed by atoms with Gasteiger partial charge in [0.2, 0.25) is 0 Å². The van der Waals surface area contributed by atoms with Gasteiger partial charge >= 0.3 is 0 Å². The van der Waals surface area contributed by atoms with Crippen LogP contribution in [0.2, 0.25) is 5.02 Å². The lowest BCUT2D eigenvalue weighted by atomic mass is 9.63. The number of hydrogen-bond donors (Lipinski definition) is 0. The van der Waals surface area contributed by atoms with Crippen molar-refractivity contribution in [3.05, 3.63) is 116 Å². The number of carbonyl (C=O) groups is 2. The lowest BCUT2D eigenvalue weighted by molar-refractivity contribution is -0.119. The van der Waals surface area contributed by atoms with Crippen LogP contribution < -0.4 is 9.47 Å². The molecule has 0 saturated carbocycles. The number of Topliss-reactive ketones (excluding diaryl/α,β-unsaturated/α-hetero) is 2. The molecular weight excluding hydrogens is 618 g/mol. The van der Waals surface area contributed by atoms with Crippen LogP contribution in [0.1, 0.15) is 94.0 Å². The first-order valence-corrected chi connectivity index (χ1v) is 17.6. The summed E-state index contributed by atoms with van der Waals surface area (Å²) in [5, 5.41) is 0.406. The van der Waals surface area contributed by atoms with Gasteiger partial charge in [0.15, 0.2) is 23.1 Å². The fourth-order valence-electron chi connectivity index (χ4n) is 8.00. The molecule has 0 aromatic heterocycles. The van der Waals surface area contributed by atoms with Crippen LogP contribution in [0.15, 0.2) is 83.2 Å². The zero-order chi connectivity index (χ0) is 34.4. The molecule has 1 heterocycles. The number of allylic oxidation sites excluding steroid dienone is 4. The molecule has 1 aliphatic heterocycles. The van der Waals surface area contributed by atoms with E-state index >= 15 is 0 Å². The molecule has 0 amide bonds. The van der Waals surface area contributed by atoms with Gasteiger partial charge in [0, 0.05) is 47.8 Å². The van der Waals surface area contributed by atoms with Crippen molar-refractivity contribution in [2.75, 3.05) is 13.2 Å². The van der Waals surface area contributed by atoms with Gasteiger partial charge in [-0.3, -0.25) is 9.59 Å². The third kappa shape index (κ3) is 6.98. The van der Waals surface area contributed by atoms with Crippen molar-refractivity contribution < 1.29 is 19.1 Å². The second kappa shape index (κ2) is 13.2. The number of ketones is 2. The highest BCUT2D eigenvalue weighted by atomic mass is 35.5. The van der Waals surface area contributed by atoms with Crippen molar-refractivity contribution in [3.8, 4) is 11.5 Å². The highest BCUT2D eigenvalue weighted by Gasteiger charge is 2.49. The Morgan fingerprint density at radius 2 is 1.35 bits per heavy atom. The predicted octanol–water partition coefficient (Wildman–Crippen LogP) is 9.86. The monoisotopic (exact) mass is 665 g/mol. The van der Waals surface area contributed by atoms with E-state index in [0.717, 1.165) is 52.9 Å². The third-order valence-electron chi connectivity index (χ3n) is 9.82. The number of ether oxygens (including phenoxy) is 2. The maximum Gasteiger partial charge on any atom is 0.180 e. The second-order valence-corrected chi connectivity index (χ2v) is 15.9. The van der Waals surface area contributed by atoms with Crippen LogP contribution in [0, 0.1) is 24.7 Å². The summed E-state index contributed by atoms with van der Waals surface area (Å²) in [6, 6.07) is 20.6. The molecule has 5 nitrogen and oxygen atoms in total. The molecule has 6 rings (SSSR count). The van der Waals surface area contributed by atoms with Crippen LogP contribution in [0.25, 0.3) is 0 Å². The van der Waals surface area contributed by atoms with Gasteiger partial charge in [-0.05, 0) is 79.7 Å². The SMILES string of the molecule is CCOc1cc(C2C3=C(CC(C)(C)CC3=O)N(CCc3ccccc3)C3=C2C(=O)CC(C)(C)C3)cc(Cl)c1OCc1cc(C)cc(C)c1. The Morgan fingerprint density at radius 1 is 0.771 bits per heavy atom. The Labute approximate surface area is 291 Å². The molecule has 0 fully saturated rings. The van der Waals surface area contributed by atoms with Gasteiger partial charge in [-0.1, -0.05) is 99.0 Å². The van der Waals surface area contributed by atoms with Crippen molar-refractivity contribution in [2.45, 2.75) is 93.1 Å². The fraction of sp³-hybridized carbons (Fsp3) is 0.429. The van der Waals surface area contributed by atoms with E-state index in [1.54, 1.807) is 0 Å². The summed E-state index contributed by atoms with van der Waals surface area (Å²) in [4.78, 5) is 31.0. The lowest BCUT2D eigenvalue weighted by Gasteiger charge is -2.49. The summed E-state index contributed by atoms with van der Waals surface area (Å²) in [5.74, 6) is 0.679. The van der Waals surface area contributed by atoms with Crippen LogP contribution in [0.4, 0.5) is 0 Å². The molecular formula is C42H48ClNO4. The number of halogens is 1. The standard InChI is InChI=1S/C42H48ClNO4/c1-8-47-36-20-30(19-31(43)40(36)48-25-29-17-26(2)16-27(3)18-29)37-38-32(21-41(4,5)23-34(38)45)44(15-14-28-12-10-9-11-13-28)33-22-42(6,7)24-35(46)39(33)37/h9-13,16-20,37H,8,14-15,21-25H2,1-7H3. The smallest absolute Gasteiger partial charge is 0.180 e. The van der Waals surface area contributed by atoms with Crippen molar-refractivity contribution in [1.29, 1.82) is 0 Å². The summed E-state index contributed by atoms with van der Waals surface area (Å²) >= 11 is 7.06. The van der Waals surface area contributed by atoms with Gasteiger partial charge in [0.1, 0.15) is 6.61 Å². The van der Waals surface area contributed by atoms with E-state index in [9.17, 15) is 9.59 Å². The molecule has 0 radical (unpaired) electrons. The Morgan fingerprint density at radius 3 is 1.92 bits per heavy atom. The highest BCUT2D eigenvalue weighted by molar-refractivity contribution is 6.32. The first-order valence-electron chi connectivity index (χ1n) is 17.3. The minimum Gasteiger partial charge on any atom is -0.490 e. The molecule has 252 valence electrons. The molecule has 0 N–H and O–H groups in total. The zero-order valence-electron chi connectivity index (χ0n) is 29.5. The normalized spacial score (nSPS) is 19.0. The maximum atomic E-state index is 14.3. The van der Waals surface area contributed by atoms with Crippen LogP contribution in [0.5, 0.6) is 11.5 Å². The molecule has 0 spiro atoms. The second-order valence-electron chi connectivity index (χ2n) is 15.5. The number of nitrogens with zero attached hydrogens (tertiary/aromatic N) is 1. The van der Waals surface area contributed by atoms with E-state index in [1.165, 1.54) is 16.7 Å². The third-order valence-corrected chi connectivity index (χ3v) is 10.1. The summed E-state index contributed by atoms with van der Waals surface area (Å²) in [6.07, 6.45) is 3.19. The van der Waals surface area contributed by atoms with Crippen LogP contribution in [0.3, 0.4) is 0 Å². The molecule has 0 saturated heterocycles. The summed E-state index contributed by atoms with van der Waals surface area (Å²) in [6.45, 7) is 16.2. The lowest BCUT2D eigenvalue weighted by Crippen LogP contribution is -2.45. The average molecular weight is 666 g/mol. The summed E-state index contributed by atoms with van der Waals surface area (Å²) in [5.41, 5.74) is 8.59. The molecule has 48 heavy (non-hydrogen) atoms. The van der Waals surface area contributed by atoms with E-state index in [4.69, 9.17) is 21.1 Å². The molecule has 0 atom stereocenters. The van der Waals surface area contributed by atoms with Gasteiger partial charge in [-0.25, -0.2) is 0 Å². The van der Waals surface area contributed by atoms with Gasteiger partial charge < -0.3 is 14.4 Å². The number of rotatable bonds is 9. The van der Waals surface area contributed by atoms with E-state index in [1.807, 2.05) is 25.1 Å². The summed E-state index contributed by atoms with van der Waals surface area (Å²) < 4.78 is 12.5. The first-order chi connectivity index (χ1) is 22.7. The van der Waals surface area contributed by atoms with E-state index < -0.39 is 5.92 Å². The minimum atomic E-state index is -0.514. The Balaban J connectivity index is 1.48. The van der Waals surface area contributed by atoms with E-state index in [2.05, 4.69) is 88.9 Å². The first kappa shape index (κ1) is 34.0. The van der Waals surface area contributed by atoms with Gasteiger partial charge in [-0.15, -0.1) is 0 Å². The van der Waals surface area contributed by atoms with Gasteiger partial charge in [0.25, 0.3) is 0 Å². The topological polar surface area (TPSA) is 55.8 Å². The molecule has 0 bridgehead atoms.